The Morgan fingerprint density at radius 3 is 2.60 bits per heavy atom. The van der Waals surface area contributed by atoms with Gasteiger partial charge in [-0.2, -0.15) is 5.10 Å². The van der Waals surface area contributed by atoms with E-state index in [0.29, 0.717) is 22.0 Å². The van der Waals surface area contributed by atoms with E-state index >= 15 is 0 Å². The number of aromatic nitrogens is 2. The third kappa shape index (κ3) is 2.20. The molecular weight excluding hydrogens is 255 g/mol. The lowest BCUT2D eigenvalue weighted by Crippen LogP contribution is -2.06. The van der Waals surface area contributed by atoms with Gasteiger partial charge in [-0.15, -0.1) is 0 Å². The summed E-state index contributed by atoms with van der Waals surface area (Å²) in [7, 11) is 1.81. The molecule has 0 atom stereocenters. The van der Waals surface area contributed by atoms with Crippen molar-refractivity contribution in [1.29, 1.82) is 0 Å². The summed E-state index contributed by atoms with van der Waals surface area (Å²) in [5.41, 5.74) is 1.25. The number of benzene rings is 2. The molecule has 2 aromatic carbocycles. The molecule has 0 bridgehead atoms. The lowest BCUT2D eigenvalue weighted by Gasteiger charge is -2.06. The van der Waals surface area contributed by atoms with Gasteiger partial charge in [0.05, 0.1) is 12.1 Å². The van der Waals surface area contributed by atoms with Gasteiger partial charge < -0.3 is 0 Å². The Balaban J connectivity index is 2.01. The molecule has 3 nitrogen and oxygen atoms in total. The number of hydrogen-bond donors (Lipinski definition) is 0. The number of carbonyl (C=O) groups is 1. The fraction of sp³-hybridized carbons (Fsp3) is 0.125. The van der Waals surface area contributed by atoms with E-state index in [1.807, 2.05) is 6.07 Å². The molecule has 0 saturated carbocycles. The molecule has 0 amide bonds. The van der Waals surface area contributed by atoms with Gasteiger partial charge in [0.15, 0.2) is 5.78 Å². The number of halogens is 1. The number of fused-ring (bicyclic) bond motifs is 1. The van der Waals surface area contributed by atoms with Gasteiger partial charge in [-0.05, 0) is 23.6 Å². The molecule has 20 heavy (non-hydrogen) atoms. The fourth-order valence-corrected chi connectivity index (χ4v) is 2.32. The van der Waals surface area contributed by atoms with Gasteiger partial charge in [-0.25, -0.2) is 4.39 Å². The fourth-order valence-electron chi connectivity index (χ4n) is 2.32. The molecule has 0 aliphatic carbocycles. The van der Waals surface area contributed by atoms with Crippen molar-refractivity contribution in [1.82, 2.24) is 9.78 Å². The summed E-state index contributed by atoms with van der Waals surface area (Å²) in [6.07, 6.45) is 2.02. The van der Waals surface area contributed by atoms with Crippen LogP contribution in [0.2, 0.25) is 0 Å². The molecule has 3 rings (SSSR count). The maximum atomic E-state index is 13.7. The number of Topliss-reactive ketones (excluding diaryl/α,β-unsaturated/α-hetero) is 1. The first kappa shape index (κ1) is 12.5. The number of ketones is 1. The summed E-state index contributed by atoms with van der Waals surface area (Å²) in [6, 6.07) is 11.7. The SMILES string of the molecule is Cn1ccc(CC(=O)c2ccc(F)c3ccccc23)n1. The smallest absolute Gasteiger partial charge is 0.169 e. The first-order valence-corrected chi connectivity index (χ1v) is 6.34. The van der Waals surface area contributed by atoms with Gasteiger partial charge in [-0.1, -0.05) is 24.3 Å². The van der Waals surface area contributed by atoms with Crippen LogP contribution in [0.1, 0.15) is 16.1 Å². The van der Waals surface area contributed by atoms with Crippen molar-refractivity contribution in [2.24, 2.45) is 7.05 Å². The summed E-state index contributed by atoms with van der Waals surface area (Å²) >= 11 is 0. The number of nitrogens with zero attached hydrogens (tertiary/aromatic N) is 2. The molecule has 0 aliphatic rings. The Bertz CT molecular complexity index is 792. The lowest BCUT2D eigenvalue weighted by atomic mass is 9.99. The quantitative estimate of drug-likeness (QED) is 0.684. The van der Waals surface area contributed by atoms with E-state index in [9.17, 15) is 9.18 Å². The molecule has 1 heterocycles. The molecular formula is C16H13FN2O. The van der Waals surface area contributed by atoms with Crippen LogP contribution in [-0.2, 0) is 13.5 Å². The first-order valence-electron chi connectivity index (χ1n) is 6.34. The Morgan fingerprint density at radius 2 is 1.90 bits per heavy atom. The molecule has 0 radical (unpaired) electrons. The summed E-state index contributed by atoms with van der Waals surface area (Å²) in [6.45, 7) is 0. The van der Waals surface area contributed by atoms with Crippen molar-refractivity contribution in [3.8, 4) is 0 Å². The van der Waals surface area contributed by atoms with Crippen molar-refractivity contribution in [2.45, 2.75) is 6.42 Å². The molecule has 0 spiro atoms. The average molecular weight is 268 g/mol. The second kappa shape index (κ2) is 4.89. The summed E-state index contributed by atoms with van der Waals surface area (Å²) in [4.78, 5) is 12.4. The highest BCUT2D eigenvalue weighted by atomic mass is 19.1. The number of hydrogen-bond acceptors (Lipinski definition) is 2. The maximum Gasteiger partial charge on any atom is 0.169 e. The normalized spacial score (nSPS) is 10.9. The van der Waals surface area contributed by atoms with E-state index in [1.165, 1.54) is 6.07 Å². The van der Waals surface area contributed by atoms with Crippen molar-refractivity contribution in [3.63, 3.8) is 0 Å². The molecule has 3 aromatic rings. The van der Waals surface area contributed by atoms with Gasteiger partial charge in [0.25, 0.3) is 0 Å². The second-order valence-electron chi connectivity index (χ2n) is 4.72. The number of aryl methyl sites for hydroxylation is 1. The molecule has 4 heteroatoms. The zero-order valence-corrected chi connectivity index (χ0v) is 11.0. The molecule has 0 fully saturated rings. The van der Waals surface area contributed by atoms with E-state index in [4.69, 9.17) is 0 Å². The highest BCUT2D eigenvalue weighted by Crippen LogP contribution is 2.22. The molecule has 0 aliphatic heterocycles. The monoisotopic (exact) mass is 268 g/mol. The third-order valence-corrected chi connectivity index (χ3v) is 3.28. The Kier molecular flexibility index (Phi) is 3.06. The van der Waals surface area contributed by atoms with E-state index in [1.54, 1.807) is 48.3 Å². The average Bonchev–Trinajstić information content (AvgIpc) is 2.84. The summed E-state index contributed by atoms with van der Waals surface area (Å²) < 4.78 is 15.4. The van der Waals surface area contributed by atoms with Crippen molar-refractivity contribution < 1.29 is 9.18 Å². The Labute approximate surface area is 115 Å². The zero-order chi connectivity index (χ0) is 14.1. The van der Waals surface area contributed by atoms with Gasteiger partial charge in [0.1, 0.15) is 5.82 Å². The van der Waals surface area contributed by atoms with Crippen LogP contribution in [0.15, 0.2) is 48.7 Å². The van der Waals surface area contributed by atoms with Crippen LogP contribution >= 0.6 is 0 Å². The minimum Gasteiger partial charge on any atom is -0.294 e. The minimum atomic E-state index is -0.310. The molecule has 0 saturated heterocycles. The first-order chi connectivity index (χ1) is 9.65. The van der Waals surface area contributed by atoms with Crippen LogP contribution in [0.5, 0.6) is 0 Å². The standard InChI is InChI=1S/C16H13FN2O/c1-19-9-8-11(18-19)10-16(20)14-6-7-15(17)13-5-3-2-4-12(13)14/h2-9H,10H2,1H3. The van der Waals surface area contributed by atoms with Crippen molar-refractivity contribution >= 4 is 16.6 Å². The topological polar surface area (TPSA) is 34.9 Å². The Hall–Kier alpha value is -2.49. The predicted molar refractivity (Wildman–Crippen MR) is 75.1 cm³/mol. The Morgan fingerprint density at radius 1 is 1.15 bits per heavy atom. The maximum absolute atomic E-state index is 13.7. The number of carbonyl (C=O) groups excluding carboxylic acids is 1. The van der Waals surface area contributed by atoms with Crippen LogP contribution in [0.25, 0.3) is 10.8 Å². The number of rotatable bonds is 3. The van der Waals surface area contributed by atoms with Crippen LogP contribution in [0.4, 0.5) is 4.39 Å². The minimum absolute atomic E-state index is 0.0556. The zero-order valence-electron chi connectivity index (χ0n) is 11.0. The van der Waals surface area contributed by atoms with Gasteiger partial charge >= 0.3 is 0 Å². The van der Waals surface area contributed by atoms with Crippen LogP contribution < -0.4 is 0 Å². The third-order valence-electron chi connectivity index (χ3n) is 3.28. The predicted octanol–water partition coefficient (Wildman–Crippen LogP) is 3.14. The molecule has 0 N–H and O–H groups in total. The van der Waals surface area contributed by atoms with Gasteiger partial charge in [0.2, 0.25) is 0 Å². The largest absolute Gasteiger partial charge is 0.294 e. The highest BCUT2D eigenvalue weighted by Gasteiger charge is 2.13. The van der Waals surface area contributed by atoms with Crippen LogP contribution in [0.3, 0.4) is 0 Å². The van der Waals surface area contributed by atoms with E-state index < -0.39 is 0 Å². The van der Waals surface area contributed by atoms with Crippen molar-refractivity contribution in [2.75, 3.05) is 0 Å². The highest BCUT2D eigenvalue weighted by molar-refractivity contribution is 6.08. The van der Waals surface area contributed by atoms with Crippen LogP contribution in [-0.4, -0.2) is 15.6 Å². The molecule has 1 aromatic heterocycles. The molecule has 100 valence electrons. The lowest BCUT2D eigenvalue weighted by molar-refractivity contribution is 0.0993. The van der Waals surface area contributed by atoms with E-state index in [0.717, 1.165) is 0 Å². The molecule has 0 unspecified atom stereocenters. The van der Waals surface area contributed by atoms with Gasteiger partial charge in [0, 0.05) is 24.2 Å². The second-order valence-corrected chi connectivity index (χ2v) is 4.72. The van der Waals surface area contributed by atoms with Crippen LogP contribution in [0, 0.1) is 5.82 Å². The van der Waals surface area contributed by atoms with E-state index in [2.05, 4.69) is 5.10 Å². The summed E-state index contributed by atoms with van der Waals surface area (Å²) in [5, 5.41) is 5.31. The van der Waals surface area contributed by atoms with Gasteiger partial charge in [-0.3, -0.25) is 9.48 Å². The summed E-state index contributed by atoms with van der Waals surface area (Å²) in [5.74, 6) is -0.366. The van der Waals surface area contributed by atoms with Crippen molar-refractivity contribution in [3.05, 3.63) is 65.7 Å². The van der Waals surface area contributed by atoms with E-state index in [-0.39, 0.29) is 18.0 Å².